The Hall–Kier alpha value is -2.36. The molecule has 0 aromatic rings. The van der Waals surface area contributed by atoms with Gasteiger partial charge in [0, 0.05) is 30.9 Å². The van der Waals surface area contributed by atoms with Gasteiger partial charge in [0.25, 0.3) is 0 Å². The molecule has 3 heterocycles. The number of aliphatic hydroxyl groups excluding tert-OH is 1. The van der Waals surface area contributed by atoms with E-state index in [2.05, 4.69) is 5.16 Å². The molecule has 12 unspecified atom stereocenters. The molecule has 3 fully saturated rings. The number of carbonyl (C=O) groups excluding carboxylic acids is 3. The van der Waals surface area contributed by atoms with Gasteiger partial charge in [0.2, 0.25) is 0 Å². The smallest absolute Gasteiger partial charge is 0.425 e. The van der Waals surface area contributed by atoms with Crippen molar-refractivity contribution in [3.8, 4) is 0 Å². The van der Waals surface area contributed by atoms with Gasteiger partial charge in [-0.05, 0) is 61.1 Å². The third-order valence-corrected chi connectivity index (χ3v) is 10.3. The van der Waals surface area contributed by atoms with E-state index < -0.39 is 77.4 Å². The summed E-state index contributed by atoms with van der Waals surface area (Å²) in [6.45, 7) is 14.2. The minimum atomic E-state index is -1.37. The van der Waals surface area contributed by atoms with Gasteiger partial charge in [0.1, 0.15) is 31.3 Å². The largest absolute Gasteiger partial charge is 0.458 e. The van der Waals surface area contributed by atoms with E-state index in [4.69, 9.17) is 34.4 Å². The first-order chi connectivity index (χ1) is 21.4. The zero-order chi connectivity index (χ0) is 34.9. The lowest BCUT2D eigenvalue weighted by molar-refractivity contribution is -0.295. The Labute approximate surface area is 273 Å². The maximum Gasteiger partial charge on any atom is 0.425 e. The van der Waals surface area contributed by atoms with Gasteiger partial charge in [-0.2, -0.15) is 0 Å². The summed E-state index contributed by atoms with van der Waals surface area (Å²) in [6, 6.07) is -1.06. The Morgan fingerprint density at radius 1 is 1.09 bits per heavy atom. The molecule has 3 N–H and O–H groups in total. The Morgan fingerprint density at radius 3 is 2.26 bits per heavy atom. The average molecular weight is 657 g/mol. The number of esters is 1. The van der Waals surface area contributed by atoms with E-state index in [1.54, 1.807) is 20.8 Å². The van der Waals surface area contributed by atoms with Gasteiger partial charge < -0.3 is 38.5 Å². The number of nitrogens with zero attached hydrogens (tertiary/aromatic N) is 3. The second-order valence-electron chi connectivity index (χ2n) is 13.9. The molecule has 0 aromatic carbocycles. The van der Waals surface area contributed by atoms with Gasteiger partial charge in [-0.15, -0.1) is 0 Å². The third-order valence-electron chi connectivity index (χ3n) is 10.3. The van der Waals surface area contributed by atoms with Gasteiger partial charge in [-0.3, -0.25) is 9.59 Å². The van der Waals surface area contributed by atoms with Crippen LogP contribution in [0.1, 0.15) is 74.7 Å². The number of amides is 1. The molecule has 3 rings (SSSR count). The van der Waals surface area contributed by atoms with E-state index >= 15 is 0 Å². The van der Waals surface area contributed by atoms with E-state index in [1.165, 1.54) is 21.1 Å². The highest BCUT2D eigenvalue weighted by molar-refractivity contribution is 6.00. The SMILES string of the molecule is CC[C@H]1OC(=O)C(C)C(=O)C(C)C(OC2OC(C)CC(N(C)C)C2O)C(C)(OC)CC(C)/C(=N\OC)C(C)C2N(N)C(=O)OC21C. The highest BCUT2D eigenvalue weighted by Gasteiger charge is 2.60. The summed E-state index contributed by atoms with van der Waals surface area (Å²) >= 11 is 0. The van der Waals surface area contributed by atoms with Crippen LogP contribution in [0.5, 0.6) is 0 Å². The van der Waals surface area contributed by atoms with Crippen molar-refractivity contribution in [2.75, 3.05) is 28.3 Å². The van der Waals surface area contributed by atoms with Crippen LogP contribution in [0.15, 0.2) is 5.16 Å². The molecule has 13 atom stereocenters. The minimum absolute atomic E-state index is 0.232. The lowest BCUT2D eigenvalue weighted by atomic mass is 9.73. The lowest BCUT2D eigenvalue weighted by Gasteiger charge is -2.47. The average Bonchev–Trinajstić information content (AvgIpc) is 3.23. The molecule has 46 heavy (non-hydrogen) atoms. The minimum Gasteiger partial charge on any atom is -0.458 e. The van der Waals surface area contributed by atoms with Crippen LogP contribution in [-0.4, -0.2) is 121 Å². The van der Waals surface area contributed by atoms with Crippen molar-refractivity contribution in [1.82, 2.24) is 9.91 Å². The molecule has 0 aromatic heterocycles. The summed E-state index contributed by atoms with van der Waals surface area (Å²) in [6.07, 6.45) is -3.87. The predicted molar refractivity (Wildman–Crippen MR) is 168 cm³/mol. The fourth-order valence-corrected chi connectivity index (χ4v) is 7.70. The second kappa shape index (κ2) is 14.8. The fourth-order valence-electron chi connectivity index (χ4n) is 7.70. The summed E-state index contributed by atoms with van der Waals surface area (Å²) in [5.74, 6) is 2.11. The monoisotopic (exact) mass is 656 g/mol. The number of rotatable bonds is 6. The van der Waals surface area contributed by atoms with Crippen molar-refractivity contribution in [3.63, 3.8) is 0 Å². The van der Waals surface area contributed by atoms with Crippen LogP contribution in [0.2, 0.25) is 0 Å². The summed E-state index contributed by atoms with van der Waals surface area (Å²) in [5, 5.41) is 16.7. The van der Waals surface area contributed by atoms with E-state index in [-0.39, 0.29) is 30.9 Å². The number of oxime groups is 1. The molecule has 14 heteroatoms. The normalized spacial score (nSPS) is 44.1. The third kappa shape index (κ3) is 7.21. The Kier molecular flexibility index (Phi) is 12.3. The zero-order valence-corrected chi connectivity index (χ0v) is 29.5. The number of ether oxygens (including phenoxy) is 5. The van der Waals surface area contributed by atoms with E-state index in [0.717, 1.165) is 5.01 Å². The first-order valence-corrected chi connectivity index (χ1v) is 16.2. The van der Waals surface area contributed by atoms with Crippen LogP contribution in [0, 0.1) is 23.7 Å². The van der Waals surface area contributed by atoms with Crippen LogP contribution >= 0.6 is 0 Å². The highest BCUT2D eigenvalue weighted by Crippen LogP contribution is 2.42. The van der Waals surface area contributed by atoms with Crippen LogP contribution < -0.4 is 5.84 Å². The molecule has 264 valence electrons. The number of Topliss-reactive ketones (excluding diaryl/α,β-unsaturated/α-hetero) is 1. The van der Waals surface area contributed by atoms with E-state index in [1.807, 2.05) is 46.7 Å². The molecule has 0 bridgehead atoms. The van der Waals surface area contributed by atoms with Crippen LogP contribution in [0.4, 0.5) is 4.79 Å². The Bertz CT molecular complexity index is 1140. The number of hydrogen-bond acceptors (Lipinski definition) is 13. The molecule has 3 saturated heterocycles. The Balaban J connectivity index is 2.18. The quantitative estimate of drug-likeness (QED) is 0.141. The van der Waals surface area contributed by atoms with E-state index in [0.29, 0.717) is 12.1 Å². The van der Waals surface area contributed by atoms with Gasteiger partial charge >= 0.3 is 12.1 Å². The zero-order valence-electron chi connectivity index (χ0n) is 29.5. The predicted octanol–water partition coefficient (Wildman–Crippen LogP) is 2.50. The lowest BCUT2D eigenvalue weighted by Crippen LogP contribution is -2.60. The standard InChI is InChI=1S/C32H56N4O10/c1-13-22-32(8)26(36(33)30(40)46-32)18(4)23(34-42-12)16(2)15-31(7,41-11)27(19(5)24(37)20(6)28(39)44-22)45-29-25(38)21(35(9)10)14-17(3)43-29/h16-22,25-27,29,38H,13-15,33H2,1-12H3/b34-23+/t16?,17?,18?,19?,20?,21?,22-,25?,26?,27?,29?,31?,32?/m1/s1. The molecule has 14 nitrogen and oxygen atoms in total. The second-order valence-corrected chi connectivity index (χ2v) is 13.9. The molecular formula is C32H56N4O10. The Morgan fingerprint density at radius 2 is 1.72 bits per heavy atom. The number of hydrogen-bond donors (Lipinski definition) is 2. The van der Waals surface area contributed by atoms with Crippen LogP contribution in [0.3, 0.4) is 0 Å². The fraction of sp³-hybridized carbons (Fsp3) is 0.875. The molecule has 1 amide bonds. The molecule has 0 aliphatic carbocycles. The number of fused-ring (bicyclic) bond motifs is 1. The number of cyclic esters (lactones) is 1. The number of likely N-dealkylation sites (N-methyl/N-ethyl adjacent to an activating group) is 1. The number of aliphatic hydroxyl groups is 1. The van der Waals surface area contributed by atoms with Gasteiger partial charge in [-0.1, -0.05) is 32.9 Å². The van der Waals surface area contributed by atoms with Crippen LogP contribution in [-0.2, 0) is 38.1 Å². The molecule has 3 aliphatic heterocycles. The van der Waals surface area contributed by atoms with Crippen molar-refractivity contribution < 1.29 is 48.0 Å². The summed E-state index contributed by atoms with van der Waals surface area (Å²) in [5.41, 5.74) is -1.99. The first-order valence-electron chi connectivity index (χ1n) is 16.2. The summed E-state index contributed by atoms with van der Waals surface area (Å²) in [7, 11) is 6.71. The maximum atomic E-state index is 14.1. The van der Waals surface area contributed by atoms with Crippen molar-refractivity contribution in [1.29, 1.82) is 0 Å². The summed E-state index contributed by atoms with van der Waals surface area (Å²) < 4.78 is 30.7. The summed E-state index contributed by atoms with van der Waals surface area (Å²) in [4.78, 5) is 47.9. The molecule has 0 radical (unpaired) electrons. The number of hydrazine groups is 1. The number of nitrogens with two attached hydrogens (primary N) is 1. The topological polar surface area (TPSA) is 172 Å². The number of methoxy groups -OCH3 is 1. The van der Waals surface area contributed by atoms with Crippen molar-refractivity contribution in [2.45, 2.75) is 129 Å². The number of carbonyl (C=O) groups is 3. The molecule has 0 spiro atoms. The molecule has 0 saturated carbocycles. The highest BCUT2D eigenvalue weighted by atomic mass is 16.7. The van der Waals surface area contributed by atoms with Gasteiger partial charge in [-0.25, -0.2) is 15.6 Å². The molecule has 3 aliphatic rings. The maximum absolute atomic E-state index is 14.1. The number of ketones is 1. The van der Waals surface area contributed by atoms with Crippen molar-refractivity contribution >= 4 is 23.6 Å². The van der Waals surface area contributed by atoms with Gasteiger partial charge in [0.05, 0.1) is 23.5 Å². The first kappa shape index (κ1) is 38.1. The van der Waals surface area contributed by atoms with Gasteiger partial charge in [0.15, 0.2) is 17.7 Å². The van der Waals surface area contributed by atoms with E-state index in [9.17, 15) is 19.5 Å². The van der Waals surface area contributed by atoms with Crippen LogP contribution in [0.25, 0.3) is 0 Å². The molecular weight excluding hydrogens is 600 g/mol. The van der Waals surface area contributed by atoms with Crippen molar-refractivity contribution in [3.05, 3.63) is 0 Å². The van der Waals surface area contributed by atoms with Crippen molar-refractivity contribution in [2.24, 2.45) is 34.7 Å².